The summed E-state index contributed by atoms with van der Waals surface area (Å²) in [5, 5.41) is 0. The highest BCUT2D eigenvalue weighted by atomic mass is 19.4. The Balaban J connectivity index is 4.02. The molecule has 0 aromatic rings. The number of carbonyl (C=O) groups excluding carboxylic acids is 2. The molecule has 0 aliphatic carbocycles. The molecule has 0 aliphatic heterocycles. The van der Waals surface area contributed by atoms with E-state index < -0.39 is 42.2 Å². The molecule has 41 heavy (non-hydrogen) atoms. The molecule has 0 fully saturated rings. The SMILES string of the molecule is CCCCCCCCCCCCCCCCCCCCOC(=O)C(CC)(CC)C(=O)OCC(F)(F)C(F)C(F)(F)F. The fourth-order valence-corrected chi connectivity index (χ4v) is 4.83. The summed E-state index contributed by atoms with van der Waals surface area (Å²) in [5.41, 5.74) is -1.94. The second-order valence-corrected chi connectivity index (χ2v) is 11.2. The lowest BCUT2D eigenvalue weighted by molar-refractivity contribution is -0.255. The van der Waals surface area contributed by atoms with Gasteiger partial charge in [-0.05, 0) is 19.3 Å². The maximum absolute atomic E-state index is 13.5. The number of unbranched alkanes of at least 4 members (excludes halogenated alkanes) is 17. The Kier molecular flexibility index (Phi) is 21.3. The van der Waals surface area contributed by atoms with E-state index in [2.05, 4.69) is 11.7 Å². The van der Waals surface area contributed by atoms with Crippen molar-refractivity contribution in [1.82, 2.24) is 0 Å². The molecule has 4 nitrogen and oxygen atoms in total. The van der Waals surface area contributed by atoms with Crippen molar-refractivity contribution < 1.29 is 45.4 Å². The number of carbonyl (C=O) groups is 2. The Bertz CT molecular complexity index is 680. The van der Waals surface area contributed by atoms with Gasteiger partial charge in [0.15, 0.2) is 12.0 Å². The number of alkyl halides is 6. The number of esters is 2. The van der Waals surface area contributed by atoms with Crippen LogP contribution < -0.4 is 0 Å². The van der Waals surface area contributed by atoms with Crippen molar-refractivity contribution in [2.45, 2.75) is 167 Å². The van der Waals surface area contributed by atoms with Crippen LogP contribution in [0.1, 0.15) is 149 Å². The van der Waals surface area contributed by atoms with E-state index in [1.807, 2.05) is 0 Å². The van der Waals surface area contributed by atoms with Crippen LogP contribution in [-0.2, 0) is 19.1 Å². The Morgan fingerprint density at radius 1 is 0.561 bits per heavy atom. The monoisotopic (exact) mass is 604 g/mol. The second-order valence-electron chi connectivity index (χ2n) is 11.2. The fraction of sp³-hybridized carbons (Fsp3) is 0.935. The minimum absolute atomic E-state index is 0.0311. The van der Waals surface area contributed by atoms with Gasteiger partial charge >= 0.3 is 24.0 Å². The summed E-state index contributed by atoms with van der Waals surface area (Å²) in [6.45, 7) is 3.02. The zero-order valence-corrected chi connectivity index (χ0v) is 25.5. The van der Waals surface area contributed by atoms with Crippen molar-refractivity contribution in [3.63, 3.8) is 0 Å². The summed E-state index contributed by atoms with van der Waals surface area (Å²) in [6, 6.07) is 0. The molecule has 0 aliphatic rings. The molecule has 0 saturated heterocycles. The maximum atomic E-state index is 13.5. The summed E-state index contributed by atoms with van der Waals surface area (Å²) in [7, 11) is 0. The van der Waals surface area contributed by atoms with Crippen LogP contribution in [0, 0.1) is 5.41 Å². The molecule has 1 atom stereocenters. The minimum Gasteiger partial charge on any atom is -0.465 e. The largest absolute Gasteiger partial charge is 0.465 e. The first kappa shape index (κ1) is 39.5. The molecule has 244 valence electrons. The molecule has 1 unspecified atom stereocenters. The van der Waals surface area contributed by atoms with Gasteiger partial charge in [0.1, 0.15) is 0 Å². The normalized spacial score (nSPS) is 13.3. The lowest BCUT2D eigenvalue weighted by Crippen LogP contribution is -2.47. The first-order valence-electron chi connectivity index (χ1n) is 15.8. The van der Waals surface area contributed by atoms with Crippen LogP contribution in [0.3, 0.4) is 0 Å². The third kappa shape index (κ3) is 16.7. The van der Waals surface area contributed by atoms with E-state index in [1.165, 1.54) is 97.3 Å². The van der Waals surface area contributed by atoms with Crippen molar-refractivity contribution in [2.75, 3.05) is 13.2 Å². The van der Waals surface area contributed by atoms with Gasteiger partial charge in [0.2, 0.25) is 0 Å². The summed E-state index contributed by atoms with van der Waals surface area (Å²) in [6.07, 6.45) is 11.2. The third-order valence-electron chi connectivity index (χ3n) is 7.77. The van der Waals surface area contributed by atoms with Crippen LogP contribution in [-0.4, -0.2) is 43.4 Å². The molecular weight excluding hydrogens is 550 g/mol. The van der Waals surface area contributed by atoms with Crippen molar-refractivity contribution in [3.05, 3.63) is 0 Å². The first-order chi connectivity index (χ1) is 19.4. The number of rotatable bonds is 26. The number of hydrogen-bond donors (Lipinski definition) is 0. The molecule has 0 bridgehead atoms. The number of hydrogen-bond acceptors (Lipinski definition) is 4. The molecule has 0 aromatic carbocycles. The summed E-state index contributed by atoms with van der Waals surface area (Å²) < 4.78 is 86.5. The van der Waals surface area contributed by atoms with E-state index in [4.69, 9.17) is 4.74 Å². The standard InChI is InChI=1S/C31H54F6O4/c1-4-7-8-9-10-11-12-13-14-15-16-17-18-19-20-21-22-23-24-40-27(38)29(5-2,6-3)28(39)41-25-30(33,34)26(32)31(35,36)37/h26H,4-25H2,1-3H3. The molecule has 0 spiro atoms. The van der Waals surface area contributed by atoms with Crippen LogP contribution in [0.25, 0.3) is 0 Å². The molecule has 0 radical (unpaired) electrons. The Hall–Kier alpha value is -1.48. The van der Waals surface area contributed by atoms with Crippen LogP contribution in [0.4, 0.5) is 26.3 Å². The van der Waals surface area contributed by atoms with E-state index in [0.717, 1.165) is 25.7 Å². The van der Waals surface area contributed by atoms with E-state index in [1.54, 1.807) is 0 Å². The van der Waals surface area contributed by atoms with Gasteiger partial charge in [-0.1, -0.05) is 130 Å². The predicted octanol–water partition coefficient (Wildman–Crippen LogP) is 10.5. The molecular formula is C31H54F6O4. The smallest absolute Gasteiger partial charge is 0.425 e. The molecule has 0 rings (SSSR count). The maximum Gasteiger partial charge on any atom is 0.425 e. The van der Waals surface area contributed by atoms with Crippen molar-refractivity contribution in [3.8, 4) is 0 Å². The molecule has 0 N–H and O–H groups in total. The van der Waals surface area contributed by atoms with Crippen molar-refractivity contribution >= 4 is 11.9 Å². The average Bonchev–Trinajstić information content (AvgIpc) is 2.93. The van der Waals surface area contributed by atoms with E-state index >= 15 is 0 Å². The Morgan fingerprint density at radius 3 is 1.24 bits per heavy atom. The number of halogens is 6. The van der Waals surface area contributed by atoms with Crippen LogP contribution >= 0.6 is 0 Å². The van der Waals surface area contributed by atoms with Gasteiger partial charge in [0, 0.05) is 0 Å². The van der Waals surface area contributed by atoms with E-state index in [9.17, 15) is 35.9 Å². The molecule has 0 amide bonds. The Labute approximate surface area is 243 Å². The predicted molar refractivity (Wildman–Crippen MR) is 150 cm³/mol. The molecule has 10 heteroatoms. The summed E-state index contributed by atoms with van der Waals surface area (Å²) >= 11 is 0. The highest BCUT2D eigenvalue weighted by molar-refractivity contribution is 6.00. The first-order valence-corrected chi connectivity index (χ1v) is 15.8. The molecule has 0 aromatic heterocycles. The third-order valence-corrected chi connectivity index (χ3v) is 7.77. The van der Waals surface area contributed by atoms with Crippen LogP contribution in [0.2, 0.25) is 0 Å². The van der Waals surface area contributed by atoms with Gasteiger partial charge in [-0.15, -0.1) is 0 Å². The molecule has 0 heterocycles. The zero-order chi connectivity index (χ0) is 31.2. The van der Waals surface area contributed by atoms with Crippen molar-refractivity contribution in [2.24, 2.45) is 5.41 Å². The fourth-order valence-electron chi connectivity index (χ4n) is 4.83. The lowest BCUT2D eigenvalue weighted by Gasteiger charge is -2.28. The van der Waals surface area contributed by atoms with Crippen LogP contribution in [0.15, 0.2) is 0 Å². The summed E-state index contributed by atoms with van der Waals surface area (Å²) in [4.78, 5) is 25.0. The quantitative estimate of drug-likeness (QED) is 0.0427. The van der Waals surface area contributed by atoms with Gasteiger partial charge in [-0.3, -0.25) is 9.59 Å². The van der Waals surface area contributed by atoms with Gasteiger partial charge in [-0.25, -0.2) is 4.39 Å². The Morgan fingerprint density at radius 2 is 0.902 bits per heavy atom. The number of ether oxygens (including phenoxy) is 2. The van der Waals surface area contributed by atoms with E-state index in [-0.39, 0.29) is 19.4 Å². The van der Waals surface area contributed by atoms with Gasteiger partial charge in [0.05, 0.1) is 6.61 Å². The van der Waals surface area contributed by atoms with E-state index in [0.29, 0.717) is 6.42 Å². The highest BCUT2D eigenvalue weighted by Crippen LogP contribution is 2.36. The second kappa shape index (κ2) is 22.1. The summed E-state index contributed by atoms with van der Waals surface area (Å²) in [5.74, 6) is -7.40. The minimum atomic E-state index is -5.81. The van der Waals surface area contributed by atoms with Crippen LogP contribution in [0.5, 0.6) is 0 Å². The topological polar surface area (TPSA) is 52.6 Å². The van der Waals surface area contributed by atoms with Crippen molar-refractivity contribution in [1.29, 1.82) is 0 Å². The lowest BCUT2D eigenvalue weighted by atomic mass is 9.82. The average molecular weight is 605 g/mol. The highest BCUT2D eigenvalue weighted by Gasteiger charge is 2.58. The molecule has 0 saturated carbocycles. The van der Waals surface area contributed by atoms with Gasteiger partial charge in [-0.2, -0.15) is 22.0 Å². The zero-order valence-electron chi connectivity index (χ0n) is 25.5. The van der Waals surface area contributed by atoms with Gasteiger partial charge < -0.3 is 9.47 Å². The van der Waals surface area contributed by atoms with Gasteiger partial charge in [0.25, 0.3) is 6.17 Å².